The number of carbonyl (C=O) groups excluding carboxylic acids is 1. The summed E-state index contributed by atoms with van der Waals surface area (Å²) < 4.78 is 21.1. The second kappa shape index (κ2) is 9.66. The quantitative estimate of drug-likeness (QED) is 0.134. The Morgan fingerprint density at radius 2 is 1.85 bits per heavy atom. The Kier molecular flexibility index (Phi) is 5.77. The van der Waals surface area contributed by atoms with Crippen LogP contribution in [-0.2, 0) is 16.6 Å². The summed E-state index contributed by atoms with van der Waals surface area (Å²) in [6.45, 7) is 3.97. The molecule has 13 heteroatoms. The van der Waals surface area contributed by atoms with Crippen LogP contribution in [0.25, 0.3) is 44.9 Å². The molecule has 240 valence electrons. The van der Waals surface area contributed by atoms with Gasteiger partial charge in [0.15, 0.2) is 28.6 Å². The molecular formula is C35H25BrCl2N6O4. The fourth-order valence-electron chi connectivity index (χ4n) is 7.92. The minimum Gasteiger partial charge on any atom is -0.467 e. The normalized spacial score (nSPS) is 22.9. The first-order valence-corrected chi connectivity index (χ1v) is 17.1. The van der Waals surface area contributed by atoms with Crippen LogP contribution < -0.4 is 21.1 Å². The van der Waals surface area contributed by atoms with Gasteiger partial charge in [0, 0.05) is 33.3 Å². The Labute approximate surface area is 291 Å². The van der Waals surface area contributed by atoms with E-state index in [1.165, 1.54) is 0 Å². The number of aromatic nitrogens is 3. The van der Waals surface area contributed by atoms with Gasteiger partial charge in [-0.2, -0.15) is 4.98 Å². The second-order valence-corrected chi connectivity index (χ2v) is 14.7. The first kappa shape index (κ1) is 28.7. The van der Waals surface area contributed by atoms with Crippen molar-refractivity contribution in [3.05, 3.63) is 91.7 Å². The molecule has 5 N–H and O–H groups in total. The first-order valence-electron chi connectivity index (χ1n) is 15.6. The van der Waals surface area contributed by atoms with E-state index >= 15 is 0 Å². The highest BCUT2D eigenvalue weighted by molar-refractivity contribution is 9.10. The van der Waals surface area contributed by atoms with Crippen molar-refractivity contribution in [2.24, 2.45) is 11.7 Å². The summed E-state index contributed by atoms with van der Waals surface area (Å²) in [5.74, 6) is 1.40. The van der Waals surface area contributed by atoms with E-state index in [0.717, 1.165) is 48.9 Å². The van der Waals surface area contributed by atoms with Gasteiger partial charge in [-0.25, -0.2) is 4.98 Å². The number of para-hydroxylation sites is 1. The number of benzene rings is 3. The zero-order valence-corrected chi connectivity index (χ0v) is 28.5. The number of hydrogen-bond donors (Lipinski definition) is 4. The van der Waals surface area contributed by atoms with Crippen molar-refractivity contribution < 1.29 is 18.4 Å². The number of nitrogens with zero attached hydrogens (tertiary/aromatic N) is 2. The van der Waals surface area contributed by atoms with Gasteiger partial charge in [-0.15, -0.1) is 0 Å². The van der Waals surface area contributed by atoms with Crippen LogP contribution in [0.1, 0.15) is 48.2 Å². The lowest BCUT2D eigenvalue weighted by Gasteiger charge is -2.28. The maximum atomic E-state index is 13.5. The number of ether oxygens (including phenoxy) is 1. The zero-order chi connectivity index (χ0) is 32.8. The van der Waals surface area contributed by atoms with Gasteiger partial charge in [-0.3, -0.25) is 4.79 Å². The number of oxazole rings is 2. The highest BCUT2D eigenvalue weighted by Gasteiger charge is 2.62. The molecule has 4 atom stereocenters. The van der Waals surface area contributed by atoms with Crippen molar-refractivity contribution in [1.82, 2.24) is 20.3 Å². The Bertz CT molecular complexity index is 2420. The lowest BCUT2D eigenvalue weighted by atomic mass is 9.72. The van der Waals surface area contributed by atoms with Gasteiger partial charge in [0.05, 0.1) is 16.1 Å². The largest absolute Gasteiger partial charge is 0.467 e. The number of aromatic amines is 1. The lowest BCUT2D eigenvalue weighted by Crippen LogP contribution is -2.45. The molecule has 3 aromatic carbocycles. The number of anilines is 1. The Morgan fingerprint density at radius 3 is 2.69 bits per heavy atom. The van der Waals surface area contributed by atoms with Crippen LogP contribution in [0, 0.1) is 5.92 Å². The van der Waals surface area contributed by atoms with Crippen molar-refractivity contribution >= 4 is 61.6 Å². The summed E-state index contributed by atoms with van der Waals surface area (Å²) in [5, 5.41) is 8.17. The third kappa shape index (κ3) is 3.54. The molecule has 1 amide bonds. The molecule has 10 rings (SSSR count). The van der Waals surface area contributed by atoms with Crippen molar-refractivity contribution in [1.29, 1.82) is 0 Å². The standard InChI is InChI=1S/C35H25BrCl2N6O4/c1-12(2)23-32-42-25-28(48-32)35-16-7-3-6-15(14-5-4-8-20-21(14)22(29(37)40-20)27-30(38)44-33(25)46-27)24(16)43-34(35)47-26-17(35)9-13(10-18(26)36)11-19(39)31(45)41-23/h3-10,12,19,23,34,40,43H,11,39H2,1-2H3,(H,41,45)/t19-,23-,34?,35-/m0/s1. The van der Waals surface area contributed by atoms with E-state index in [0.29, 0.717) is 40.1 Å². The van der Waals surface area contributed by atoms with Gasteiger partial charge in [0.25, 0.3) is 5.89 Å². The number of rotatable bonds is 1. The van der Waals surface area contributed by atoms with Crippen LogP contribution in [0.2, 0.25) is 10.3 Å². The summed E-state index contributed by atoms with van der Waals surface area (Å²) in [4.78, 5) is 26.6. The molecule has 7 heterocycles. The molecule has 6 aromatic rings. The van der Waals surface area contributed by atoms with E-state index in [4.69, 9.17) is 52.5 Å². The molecule has 4 aliphatic rings. The minimum absolute atomic E-state index is 0.105. The van der Waals surface area contributed by atoms with E-state index in [2.05, 4.69) is 55.8 Å². The summed E-state index contributed by atoms with van der Waals surface area (Å²) in [5.41, 5.74) is 12.5. The fraction of sp³-hybridized carbons (Fsp3) is 0.229. The lowest BCUT2D eigenvalue weighted by molar-refractivity contribution is -0.123. The highest BCUT2D eigenvalue weighted by Crippen LogP contribution is 2.63. The Morgan fingerprint density at radius 1 is 1.04 bits per heavy atom. The number of H-pyrrole nitrogens is 1. The molecule has 0 saturated carbocycles. The average Bonchev–Trinajstić information content (AvgIpc) is 3.84. The average molecular weight is 744 g/mol. The number of amides is 1. The van der Waals surface area contributed by atoms with Crippen LogP contribution in [0.15, 0.2) is 61.8 Å². The third-order valence-corrected chi connectivity index (χ3v) is 11.2. The van der Waals surface area contributed by atoms with E-state index < -0.39 is 23.7 Å². The third-order valence-electron chi connectivity index (χ3n) is 10.0. The number of nitrogens with one attached hydrogen (secondary N) is 3. The van der Waals surface area contributed by atoms with Crippen molar-refractivity contribution in [3.63, 3.8) is 0 Å². The van der Waals surface area contributed by atoms with Crippen LogP contribution >= 0.6 is 39.1 Å². The number of nitrogens with two attached hydrogens (primary N) is 1. The summed E-state index contributed by atoms with van der Waals surface area (Å²) in [6.07, 6.45) is -0.349. The Balaban J connectivity index is 1.41. The summed E-state index contributed by atoms with van der Waals surface area (Å²) >= 11 is 17.6. The van der Waals surface area contributed by atoms with Crippen LogP contribution in [0.5, 0.6) is 5.75 Å². The molecule has 1 unspecified atom stereocenters. The van der Waals surface area contributed by atoms with Gasteiger partial charge in [0.2, 0.25) is 11.8 Å². The maximum absolute atomic E-state index is 13.5. The van der Waals surface area contributed by atoms with E-state index in [9.17, 15) is 4.79 Å². The molecule has 0 fully saturated rings. The van der Waals surface area contributed by atoms with Gasteiger partial charge in [-0.1, -0.05) is 73.4 Å². The number of halogens is 3. The van der Waals surface area contributed by atoms with E-state index in [1.807, 2.05) is 38.1 Å². The first-order chi connectivity index (χ1) is 23.1. The molecular weight excluding hydrogens is 719 g/mol. The molecule has 0 saturated heterocycles. The predicted octanol–water partition coefficient (Wildman–Crippen LogP) is 7.70. The molecule has 0 radical (unpaired) electrons. The van der Waals surface area contributed by atoms with Gasteiger partial charge in [-0.05, 0) is 51.5 Å². The molecule has 10 nitrogen and oxygen atoms in total. The predicted molar refractivity (Wildman–Crippen MR) is 184 cm³/mol. The van der Waals surface area contributed by atoms with E-state index in [-0.39, 0.29) is 28.8 Å². The Hall–Kier alpha value is -4.29. The molecule has 4 aliphatic heterocycles. The molecule has 48 heavy (non-hydrogen) atoms. The van der Waals surface area contributed by atoms with Gasteiger partial charge < -0.3 is 34.9 Å². The molecule has 10 bridgehead atoms. The summed E-state index contributed by atoms with van der Waals surface area (Å²) in [7, 11) is 0. The van der Waals surface area contributed by atoms with E-state index in [1.54, 1.807) is 0 Å². The molecule has 0 aliphatic carbocycles. The number of carbonyl (C=O) groups is 1. The number of hydrogen-bond acceptors (Lipinski definition) is 8. The van der Waals surface area contributed by atoms with Crippen LogP contribution in [0.4, 0.5) is 5.69 Å². The minimum atomic E-state index is -1.07. The topological polar surface area (TPSA) is 144 Å². The van der Waals surface area contributed by atoms with Gasteiger partial charge in [0.1, 0.15) is 22.4 Å². The van der Waals surface area contributed by atoms with Gasteiger partial charge >= 0.3 is 0 Å². The van der Waals surface area contributed by atoms with Crippen molar-refractivity contribution in [3.8, 4) is 39.8 Å². The zero-order valence-electron chi connectivity index (χ0n) is 25.4. The SMILES string of the molecule is CC(C)[C@@H]1NC(=O)[C@@H](N)Cc2cc(Br)c3c(c2)[C@]24c5cccc(c5NC2O3)-c2cccc3[nH]c(Cl)c(c23)-c2oc(nc2Cl)-c2nc1oc24. The van der Waals surface area contributed by atoms with Crippen molar-refractivity contribution in [2.75, 3.05) is 5.32 Å². The second-order valence-electron chi connectivity index (χ2n) is 13.1. The van der Waals surface area contributed by atoms with Crippen molar-refractivity contribution in [2.45, 2.75) is 44.0 Å². The number of fused-ring (bicyclic) bond motifs is 7. The fourth-order valence-corrected chi connectivity index (χ4v) is 9.01. The highest BCUT2D eigenvalue weighted by atomic mass is 79.9. The monoisotopic (exact) mass is 742 g/mol. The van der Waals surface area contributed by atoms with Crippen LogP contribution in [0.3, 0.4) is 0 Å². The molecule has 3 aromatic heterocycles. The summed E-state index contributed by atoms with van der Waals surface area (Å²) in [6, 6.07) is 14.8. The van der Waals surface area contributed by atoms with Crippen LogP contribution in [-0.4, -0.2) is 33.1 Å². The smallest absolute Gasteiger partial charge is 0.250 e. The molecule has 1 spiro atoms. The maximum Gasteiger partial charge on any atom is 0.250 e.